The van der Waals surface area contributed by atoms with Crippen molar-refractivity contribution in [1.82, 2.24) is 0 Å². The molecule has 4 heteroatoms. The Bertz CT molecular complexity index is 964. The average molecular weight is 386 g/mol. The Morgan fingerprint density at radius 2 is 1.59 bits per heavy atom. The lowest BCUT2D eigenvalue weighted by atomic mass is 10.1. The summed E-state index contributed by atoms with van der Waals surface area (Å²) < 4.78 is 5.43. The highest BCUT2D eigenvalue weighted by molar-refractivity contribution is 5.90. The summed E-state index contributed by atoms with van der Waals surface area (Å²) in [6.45, 7) is 0.266. The molecular formula is C25H26N2O2. The molecule has 0 spiro atoms. The Morgan fingerprint density at radius 1 is 0.862 bits per heavy atom. The minimum atomic E-state index is -0.327. The molecule has 0 saturated carbocycles. The molecule has 0 fully saturated rings. The smallest absolute Gasteiger partial charge is 0.338 e. The van der Waals surface area contributed by atoms with E-state index < -0.39 is 0 Å². The highest BCUT2D eigenvalue weighted by Crippen LogP contribution is 2.18. The third-order valence-corrected chi connectivity index (χ3v) is 4.60. The summed E-state index contributed by atoms with van der Waals surface area (Å²) in [6, 6.07) is 25.5. The topological polar surface area (TPSA) is 32.8 Å². The van der Waals surface area contributed by atoms with Crippen molar-refractivity contribution in [1.29, 1.82) is 0 Å². The molecule has 0 unspecified atom stereocenters. The van der Waals surface area contributed by atoms with E-state index in [9.17, 15) is 4.79 Å². The number of ether oxygens (including phenoxy) is 1. The lowest BCUT2D eigenvalue weighted by Gasteiger charge is -2.15. The van der Waals surface area contributed by atoms with Crippen molar-refractivity contribution in [3.63, 3.8) is 0 Å². The van der Waals surface area contributed by atoms with E-state index in [0.717, 1.165) is 22.5 Å². The molecule has 0 saturated heterocycles. The van der Waals surface area contributed by atoms with Gasteiger partial charge in [0.05, 0.1) is 5.56 Å². The van der Waals surface area contributed by atoms with Gasteiger partial charge in [-0.15, -0.1) is 0 Å². The zero-order valence-corrected chi connectivity index (χ0v) is 17.1. The first-order chi connectivity index (χ1) is 14.0. The summed E-state index contributed by atoms with van der Waals surface area (Å²) >= 11 is 0. The number of hydrogen-bond donors (Lipinski definition) is 0. The molecule has 29 heavy (non-hydrogen) atoms. The second-order valence-electron chi connectivity index (χ2n) is 7.02. The van der Waals surface area contributed by atoms with Crippen molar-refractivity contribution in [3.8, 4) is 0 Å². The van der Waals surface area contributed by atoms with E-state index in [1.807, 2.05) is 86.8 Å². The Hall–Kier alpha value is -3.53. The molecule has 0 radical (unpaired) electrons. The van der Waals surface area contributed by atoms with Crippen LogP contribution in [-0.2, 0) is 11.3 Å². The average Bonchev–Trinajstić information content (AvgIpc) is 2.77. The van der Waals surface area contributed by atoms with Crippen molar-refractivity contribution in [2.24, 2.45) is 0 Å². The first kappa shape index (κ1) is 20.2. The summed E-state index contributed by atoms with van der Waals surface area (Å²) in [7, 11) is 6.01. The van der Waals surface area contributed by atoms with Crippen molar-refractivity contribution >= 4 is 23.4 Å². The summed E-state index contributed by atoms with van der Waals surface area (Å²) in [4.78, 5) is 16.4. The van der Waals surface area contributed by atoms with E-state index in [1.165, 1.54) is 0 Å². The molecule has 0 amide bonds. The summed E-state index contributed by atoms with van der Waals surface area (Å²) in [5.74, 6) is -0.327. The first-order valence-corrected chi connectivity index (χ1v) is 9.52. The van der Waals surface area contributed by atoms with Crippen molar-refractivity contribution in [3.05, 3.63) is 102 Å². The highest BCUT2D eigenvalue weighted by Gasteiger charge is 2.09. The van der Waals surface area contributed by atoms with Gasteiger partial charge in [0.15, 0.2) is 0 Å². The number of benzene rings is 3. The van der Waals surface area contributed by atoms with Gasteiger partial charge in [-0.2, -0.15) is 0 Å². The Kier molecular flexibility index (Phi) is 6.69. The van der Waals surface area contributed by atoms with Crippen LogP contribution in [0.2, 0.25) is 0 Å². The Labute approximate surface area is 172 Å². The number of hydrogen-bond acceptors (Lipinski definition) is 4. The van der Waals surface area contributed by atoms with Crippen LogP contribution in [0.15, 0.2) is 85.1 Å². The number of carbonyl (C=O) groups is 1. The molecule has 0 bridgehead atoms. The molecule has 148 valence electrons. The fraction of sp³-hybridized carbons (Fsp3) is 0.160. The Morgan fingerprint density at radius 3 is 2.28 bits per heavy atom. The molecule has 0 aliphatic carbocycles. The molecule has 0 aliphatic heterocycles. The second kappa shape index (κ2) is 9.60. The third kappa shape index (κ3) is 5.72. The summed E-state index contributed by atoms with van der Waals surface area (Å²) in [5.41, 5.74) is 4.70. The van der Waals surface area contributed by atoms with E-state index >= 15 is 0 Å². The van der Waals surface area contributed by atoms with Crippen molar-refractivity contribution in [2.75, 3.05) is 30.9 Å². The van der Waals surface area contributed by atoms with E-state index in [1.54, 1.807) is 6.07 Å². The summed E-state index contributed by atoms with van der Waals surface area (Å²) in [5, 5.41) is 0. The second-order valence-corrected chi connectivity index (χ2v) is 7.02. The number of rotatable bonds is 7. The quantitative estimate of drug-likeness (QED) is 0.522. The van der Waals surface area contributed by atoms with Gasteiger partial charge in [-0.25, -0.2) is 4.79 Å². The van der Waals surface area contributed by atoms with Gasteiger partial charge in [0, 0.05) is 38.7 Å². The minimum absolute atomic E-state index is 0.266. The molecule has 0 aliphatic rings. The molecular weight excluding hydrogens is 360 g/mol. The van der Waals surface area contributed by atoms with Crippen LogP contribution in [-0.4, -0.2) is 27.1 Å². The maximum Gasteiger partial charge on any atom is 0.338 e. The van der Waals surface area contributed by atoms with Crippen LogP contribution in [0.3, 0.4) is 0 Å². The van der Waals surface area contributed by atoms with Gasteiger partial charge in [0.1, 0.15) is 6.61 Å². The van der Waals surface area contributed by atoms with Crippen LogP contribution < -0.4 is 9.80 Å². The lowest BCUT2D eigenvalue weighted by molar-refractivity contribution is 0.0473. The van der Waals surface area contributed by atoms with E-state index in [-0.39, 0.29) is 12.6 Å². The molecule has 0 aromatic heterocycles. The van der Waals surface area contributed by atoms with Gasteiger partial charge in [-0.05, 0) is 47.5 Å². The summed E-state index contributed by atoms with van der Waals surface area (Å²) in [6.07, 6.45) is 4.03. The normalized spacial score (nSPS) is 10.7. The van der Waals surface area contributed by atoms with Gasteiger partial charge in [0.25, 0.3) is 0 Å². The molecule has 0 atom stereocenters. The van der Waals surface area contributed by atoms with Gasteiger partial charge >= 0.3 is 5.97 Å². The zero-order valence-electron chi connectivity index (χ0n) is 17.1. The first-order valence-electron chi connectivity index (χ1n) is 9.52. The van der Waals surface area contributed by atoms with Crippen LogP contribution in [0.25, 0.3) is 6.08 Å². The van der Waals surface area contributed by atoms with E-state index in [2.05, 4.69) is 29.2 Å². The third-order valence-electron chi connectivity index (χ3n) is 4.60. The lowest BCUT2D eigenvalue weighted by Crippen LogP contribution is -2.10. The minimum Gasteiger partial charge on any atom is -0.457 e. The highest BCUT2D eigenvalue weighted by atomic mass is 16.5. The maximum absolute atomic E-state index is 12.4. The fourth-order valence-corrected chi connectivity index (χ4v) is 2.83. The number of carbonyl (C=O) groups excluding carboxylic acids is 1. The van der Waals surface area contributed by atoms with Gasteiger partial charge < -0.3 is 14.5 Å². The predicted molar refractivity (Wildman–Crippen MR) is 120 cm³/mol. The van der Waals surface area contributed by atoms with Crippen LogP contribution in [0, 0.1) is 0 Å². The molecule has 3 rings (SSSR count). The largest absolute Gasteiger partial charge is 0.457 e. The molecule has 0 N–H and O–H groups in total. The number of nitrogens with zero attached hydrogens (tertiary/aromatic N) is 2. The monoisotopic (exact) mass is 386 g/mol. The van der Waals surface area contributed by atoms with Gasteiger partial charge in [0.2, 0.25) is 0 Å². The van der Waals surface area contributed by atoms with Crippen molar-refractivity contribution in [2.45, 2.75) is 6.61 Å². The molecule has 3 aromatic rings. The van der Waals surface area contributed by atoms with Gasteiger partial charge in [-0.1, -0.05) is 48.5 Å². The molecule has 0 heterocycles. The van der Waals surface area contributed by atoms with Crippen molar-refractivity contribution < 1.29 is 9.53 Å². The predicted octanol–water partition coefficient (Wildman–Crippen LogP) is 5.22. The number of esters is 1. The van der Waals surface area contributed by atoms with Crippen LogP contribution in [0.1, 0.15) is 21.5 Å². The SMILES string of the molecule is CN(C)c1ccc(C=CN(C)c2cccc(C(=O)OCc3ccccc3)c2)cc1. The van der Waals surface area contributed by atoms with Crippen LogP contribution in [0.4, 0.5) is 11.4 Å². The van der Waals surface area contributed by atoms with Crippen LogP contribution in [0.5, 0.6) is 0 Å². The fourth-order valence-electron chi connectivity index (χ4n) is 2.83. The number of anilines is 2. The van der Waals surface area contributed by atoms with E-state index in [4.69, 9.17) is 4.74 Å². The molecule has 4 nitrogen and oxygen atoms in total. The van der Waals surface area contributed by atoms with E-state index in [0.29, 0.717) is 5.56 Å². The molecule has 3 aromatic carbocycles. The van der Waals surface area contributed by atoms with Crippen LogP contribution >= 0.6 is 0 Å². The Balaban J connectivity index is 1.63. The maximum atomic E-state index is 12.4. The zero-order chi connectivity index (χ0) is 20.6. The van der Waals surface area contributed by atoms with Gasteiger partial charge in [-0.3, -0.25) is 0 Å². The standard InChI is InChI=1S/C25H26N2O2/c1-26(2)23-14-12-20(13-15-23)16-17-27(3)24-11-7-10-22(18-24)25(28)29-19-21-8-5-4-6-9-21/h4-18H,19H2,1-3H3.